The molecule has 1 aromatic carbocycles. The highest BCUT2D eigenvalue weighted by Gasteiger charge is 2.15. The van der Waals surface area contributed by atoms with Gasteiger partial charge in [-0.15, -0.1) is 0 Å². The number of H-pyrrole nitrogens is 1. The average molecular weight is 247 g/mol. The van der Waals surface area contributed by atoms with Crippen molar-refractivity contribution in [2.24, 2.45) is 0 Å². The summed E-state index contributed by atoms with van der Waals surface area (Å²) in [5.74, 6) is -0.400. The van der Waals surface area contributed by atoms with E-state index in [1.165, 1.54) is 0 Å². The molecule has 0 atom stereocenters. The summed E-state index contributed by atoms with van der Waals surface area (Å²) >= 11 is 0. The Kier molecular flexibility index (Phi) is 3.82. The van der Waals surface area contributed by atoms with Gasteiger partial charge in [0.1, 0.15) is 0 Å². The van der Waals surface area contributed by atoms with Crippen molar-refractivity contribution in [3.8, 4) is 0 Å². The van der Waals surface area contributed by atoms with Gasteiger partial charge in [-0.25, -0.2) is 4.79 Å². The Morgan fingerprint density at radius 1 is 1.44 bits per heavy atom. The molecule has 5 heteroatoms. The number of anilines is 1. The highest BCUT2D eigenvalue weighted by molar-refractivity contribution is 6.02. The van der Waals surface area contributed by atoms with Gasteiger partial charge in [-0.1, -0.05) is 19.8 Å². The summed E-state index contributed by atoms with van der Waals surface area (Å²) in [5, 5.41) is 7.48. The lowest BCUT2D eigenvalue weighted by Gasteiger charge is -2.02. The van der Waals surface area contributed by atoms with E-state index in [0.29, 0.717) is 23.4 Å². The molecular weight excluding hydrogens is 230 g/mol. The molecule has 0 aliphatic rings. The monoisotopic (exact) mass is 247 g/mol. The number of unbranched alkanes of at least 4 members (excludes halogenated alkanes) is 2. The van der Waals surface area contributed by atoms with Gasteiger partial charge in [-0.3, -0.25) is 5.10 Å². The van der Waals surface area contributed by atoms with Gasteiger partial charge in [-0.2, -0.15) is 5.10 Å². The van der Waals surface area contributed by atoms with Crippen molar-refractivity contribution in [3.05, 3.63) is 23.9 Å². The van der Waals surface area contributed by atoms with Crippen LogP contribution in [-0.4, -0.2) is 22.8 Å². The topological polar surface area (TPSA) is 81.0 Å². The highest BCUT2D eigenvalue weighted by atomic mass is 16.5. The van der Waals surface area contributed by atoms with Crippen LogP contribution in [0.2, 0.25) is 0 Å². The lowest BCUT2D eigenvalue weighted by molar-refractivity contribution is 0.0493. The summed E-state index contributed by atoms with van der Waals surface area (Å²) in [7, 11) is 0. The lowest BCUT2D eigenvalue weighted by Crippen LogP contribution is -2.07. The van der Waals surface area contributed by atoms with Gasteiger partial charge in [-0.05, 0) is 24.6 Å². The van der Waals surface area contributed by atoms with Crippen molar-refractivity contribution in [2.45, 2.75) is 26.2 Å². The normalized spacial score (nSPS) is 10.7. The van der Waals surface area contributed by atoms with E-state index in [2.05, 4.69) is 17.1 Å². The Balaban J connectivity index is 2.10. The fourth-order valence-corrected chi connectivity index (χ4v) is 1.77. The van der Waals surface area contributed by atoms with E-state index in [0.717, 1.165) is 24.8 Å². The number of rotatable bonds is 5. The van der Waals surface area contributed by atoms with Crippen molar-refractivity contribution in [1.29, 1.82) is 0 Å². The molecule has 1 heterocycles. The molecule has 0 aliphatic carbocycles. The van der Waals surface area contributed by atoms with Crippen LogP contribution in [0.1, 0.15) is 36.7 Å². The van der Waals surface area contributed by atoms with Gasteiger partial charge in [0.05, 0.1) is 12.1 Å². The molecule has 0 aliphatic heterocycles. The third-order valence-corrected chi connectivity index (χ3v) is 2.76. The fraction of sp³-hybridized carbons (Fsp3) is 0.385. The molecule has 2 aromatic rings. The molecule has 2 rings (SSSR count). The first-order valence-electron chi connectivity index (χ1n) is 6.13. The quantitative estimate of drug-likeness (QED) is 0.483. The third-order valence-electron chi connectivity index (χ3n) is 2.76. The number of hydrogen-bond acceptors (Lipinski definition) is 4. The first-order valence-corrected chi connectivity index (χ1v) is 6.13. The predicted molar refractivity (Wildman–Crippen MR) is 70.3 cm³/mol. The molecule has 0 bridgehead atoms. The Morgan fingerprint density at radius 3 is 3.06 bits per heavy atom. The van der Waals surface area contributed by atoms with E-state index in [1.54, 1.807) is 18.2 Å². The molecular formula is C13H17N3O2. The van der Waals surface area contributed by atoms with Crippen LogP contribution in [-0.2, 0) is 4.74 Å². The number of nitrogens with one attached hydrogen (secondary N) is 1. The van der Waals surface area contributed by atoms with E-state index in [4.69, 9.17) is 10.5 Å². The maximum absolute atomic E-state index is 11.8. The van der Waals surface area contributed by atoms with E-state index in [9.17, 15) is 4.79 Å². The second-order valence-electron chi connectivity index (χ2n) is 4.22. The van der Waals surface area contributed by atoms with Gasteiger partial charge in [0.2, 0.25) is 0 Å². The van der Waals surface area contributed by atoms with E-state index >= 15 is 0 Å². The van der Waals surface area contributed by atoms with Crippen LogP contribution in [0.5, 0.6) is 0 Å². The fourth-order valence-electron chi connectivity index (χ4n) is 1.77. The first-order chi connectivity index (χ1) is 8.72. The number of fused-ring (bicyclic) bond motifs is 1. The molecule has 0 saturated carbocycles. The molecule has 0 amide bonds. The number of hydrogen-bond donors (Lipinski definition) is 2. The van der Waals surface area contributed by atoms with Gasteiger partial charge >= 0.3 is 5.97 Å². The minimum atomic E-state index is -0.400. The SMILES string of the molecule is CCCCCOC(=O)c1n[nH]c2ccc(N)cc12. The van der Waals surface area contributed by atoms with Crippen molar-refractivity contribution in [3.63, 3.8) is 0 Å². The number of carbonyl (C=O) groups is 1. The largest absolute Gasteiger partial charge is 0.461 e. The zero-order valence-electron chi connectivity index (χ0n) is 10.4. The third kappa shape index (κ3) is 2.61. The molecule has 3 N–H and O–H groups in total. The van der Waals surface area contributed by atoms with Crippen LogP contribution in [0.15, 0.2) is 18.2 Å². The molecule has 5 nitrogen and oxygen atoms in total. The maximum Gasteiger partial charge on any atom is 0.359 e. The molecule has 0 radical (unpaired) electrons. The number of carbonyl (C=O) groups excluding carboxylic acids is 1. The van der Waals surface area contributed by atoms with Gasteiger partial charge in [0.25, 0.3) is 0 Å². The molecule has 0 saturated heterocycles. The Bertz CT molecular complexity index is 548. The Hall–Kier alpha value is -2.04. The van der Waals surface area contributed by atoms with Crippen molar-refractivity contribution in [1.82, 2.24) is 10.2 Å². The summed E-state index contributed by atoms with van der Waals surface area (Å²) in [6.45, 7) is 2.54. The number of nitrogens with zero attached hydrogens (tertiary/aromatic N) is 1. The van der Waals surface area contributed by atoms with Gasteiger partial charge in [0.15, 0.2) is 5.69 Å². The zero-order valence-corrected chi connectivity index (χ0v) is 10.4. The summed E-state index contributed by atoms with van der Waals surface area (Å²) < 4.78 is 5.17. The number of nitrogen functional groups attached to an aromatic ring is 1. The van der Waals surface area contributed by atoms with Crippen molar-refractivity contribution in [2.75, 3.05) is 12.3 Å². The van der Waals surface area contributed by atoms with Gasteiger partial charge < -0.3 is 10.5 Å². The molecule has 18 heavy (non-hydrogen) atoms. The first kappa shape index (κ1) is 12.4. The second-order valence-corrected chi connectivity index (χ2v) is 4.22. The van der Waals surface area contributed by atoms with Crippen LogP contribution in [0, 0.1) is 0 Å². The number of aromatic amines is 1. The van der Waals surface area contributed by atoms with Crippen LogP contribution < -0.4 is 5.73 Å². The highest BCUT2D eigenvalue weighted by Crippen LogP contribution is 2.19. The molecule has 1 aromatic heterocycles. The molecule has 0 fully saturated rings. The standard InChI is InChI=1S/C13H17N3O2/c1-2-3-4-7-18-13(17)12-10-8-9(14)5-6-11(10)15-16-12/h5-6,8H,2-4,7,14H2,1H3,(H,15,16). The molecule has 0 spiro atoms. The summed E-state index contributed by atoms with van der Waals surface area (Å²) in [4.78, 5) is 11.8. The van der Waals surface area contributed by atoms with Crippen LogP contribution in [0.4, 0.5) is 5.69 Å². The number of esters is 1. The van der Waals surface area contributed by atoms with Crippen LogP contribution >= 0.6 is 0 Å². The van der Waals surface area contributed by atoms with Crippen LogP contribution in [0.25, 0.3) is 10.9 Å². The van der Waals surface area contributed by atoms with E-state index in [1.807, 2.05) is 0 Å². The Morgan fingerprint density at radius 2 is 2.28 bits per heavy atom. The maximum atomic E-state index is 11.8. The number of aromatic nitrogens is 2. The number of benzene rings is 1. The summed E-state index contributed by atoms with van der Waals surface area (Å²) in [6, 6.07) is 5.28. The number of ether oxygens (including phenoxy) is 1. The van der Waals surface area contributed by atoms with Crippen molar-refractivity contribution >= 4 is 22.6 Å². The van der Waals surface area contributed by atoms with E-state index in [-0.39, 0.29) is 0 Å². The summed E-state index contributed by atoms with van der Waals surface area (Å²) in [5.41, 5.74) is 7.38. The Labute approximate surface area is 105 Å². The minimum Gasteiger partial charge on any atom is -0.461 e. The summed E-state index contributed by atoms with van der Waals surface area (Å²) in [6.07, 6.45) is 3.04. The molecule has 0 unspecified atom stereocenters. The average Bonchev–Trinajstić information content (AvgIpc) is 2.77. The van der Waals surface area contributed by atoms with E-state index < -0.39 is 5.97 Å². The molecule has 96 valence electrons. The predicted octanol–water partition coefficient (Wildman–Crippen LogP) is 2.49. The second kappa shape index (κ2) is 5.53. The smallest absolute Gasteiger partial charge is 0.359 e. The van der Waals surface area contributed by atoms with Gasteiger partial charge in [0, 0.05) is 11.1 Å². The zero-order chi connectivity index (χ0) is 13.0. The van der Waals surface area contributed by atoms with Crippen molar-refractivity contribution < 1.29 is 9.53 Å². The minimum absolute atomic E-state index is 0.300. The number of nitrogens with two attached hydrogens (primary N) is 1. The lowest BCUT2D eigenvalue weighted by atomic mass is 10.2. The van der Waals surface area contributed by atoms with Crippen LogP contribution in [0.3, 0.4) is 0 Å².